The summed E-state index contributed by atoms with van der Waals surface area (Å²) < 4.78 is 5.27. The Hall–Kier alpha value is -2.24. The summed E-state index contributed by atoms with van der Waals surface area (Å²) >= 11 is 0. The predicted molar refractivity (Wildman–Crippen MR) is 112 cm³/mol. The normalized spacial score (nSPS) is 12.5. The number of ether oxygens (including phenoxy) is 1. The van der Waals surface area contributed by atoms with Gasteiger partial charge in [-0.25, -0.2) is 0 Å². The van der Waals surface area contributed by atoms with Crippen molar-refractivity contribution in [1.29, 1.82) is 0 Å². The zero-order valence-corrected chi connectivity index (χ0v) is 17.1. The van der Waals surface area contributed by atoms with E-state index in [0.717, 1.165) is 25.3 Å². The Morgan fingerprint density at radius 3 is 2.56 bits per heavy atom. The third-order valence-corrected chi connectivity index (χ3v) is 4.19. The van der Waals surface area contributed by atoms with E-state index >= 15 is 0 Å². The molecular weight excluding hydrogens is 340 g/mol. The summed E-state index contributed by atoms with van der Waals surface area (Å²) in [5.41, 5.74) is 6.25. The Labute approximate surface area is 164 Å². The molecule has 1 atom stereocenters. The molecule has 0 aromatic heterocycles. The van der Waals surface area contributed by atoms with Crippen molar-refractivity contribution in [3.05, 3.63) is 29.8 Å². The molecule has 6 nitrogen and oxygen atoms in total. The van der Waals surface area contributed by atoms with Gasteiger partial charge in [0.25, 0.3) is 5.91 Å². The summed E-state index contributed by atoms with van der Waals surface area (Å²) in [6.07, 6.45) is 7.15. The summed E-state index contributed by atoms with van der Waals surface area (Å²) in [4.78, 5) is 15.4. The number of carbonyl (C=O) groups is 1. The second-order valence-corrected chi connectivity index (χ2v) is 6.80. The third-order valence-electron chi connectivity index (χ3n) is 4.19. The molecule has 1 aromatic rings. The SMILES string of the molecule is CCCCCCC(C)NC(=NCCc1ccc(OCC(N)=O)cc1)NCC. The molecule has 1 rings (SSSR count). The first-order valence-corrected chi connectivity index (χ1v) is 10.1. The largest absolute Gasteiger partial charge is 0.484 e. The van der Waals surface area contributed by atoms with Crippen LogP contribution < -0.4 is 21.1 Å². The van der Waals surface area contributed by atoms with Crippen molar-refractivity contribution < 1.29 is 9.53 Å². The lowest BCUT2D eigenvalue weighted by molar-refractivity contribution is -0.119. The van der Waals surface area contributed by atoms with Crippen molar-refractivity contribution in [3.63, 3.8) is 0 Å². The number of carbonyl (C=O) groups excluding carboxylic acids is 1. The molecule has 1 aromatic carbocycles. The molecule has 1 amide bonds. The van der Waals surface area contributed by atoms with Crippen molar-refractivity contribution >= 4 is 11.9 Å². The summed E-state index contributed by atoms with van der Waals surface area (Å²) in [6, 6.07) is 8.10. The molecular formula is C21H36N4O2. The number of primary amides is 1. The van der Waals surface area contributed by atoms with E-state index in [1.165, 1.54) is 31.2 Å². The minimum Gasteiger partial charge on any atom is -0.484 e. The first-order chi connectivity index (χ1) is 13.0. The van der Waals surface area contributed by atoms with E-state index in [0.29, 0.717) is 18.3 Å². The second kappa shape index (κ2) is 13.9. The Morgan fingerprint density at radius 1 is 1.19 bits per heavy atom. The van der Waals surface area contributed by atoms with Crippen LogP contribution in [0.4, 0.5) is 0 Å². The van der Waals surface area contributed by atoms with E-state index in [9.17, 15) is 4.79 Å². The van der Waals surface area contributed by atoms with Gasteiger partial charge in [-0.3, -0.25) is 9.79 Å². The summed E-state index contributed by atoms with van der Waals surface area (Å²) in [5.74, 6) is 1.05. The number of nitrogens with one attached hydrogen (secondary N) is 2. The lowest BCUT2D eigenvalue weighted by atomic mass is 10.1. The molecule has 4 N–H and O–H groups in total. The molecule has 0 aliphatic rings. The highest BCUT2D eigenvalue weighted by molar-refractivity contribution is 5.80. The summed E-state index contributed by atoms with van der Waals surface area (Å²) in [7, 11) is 0. The molecule has 0 aliphatic carbocycles. The van der Waals surface area contributed by atoms with Crippen LogP contribution in [0.1, 0.15) is 58.4 Å². The van der Waals surface area contributed by atoms with E-state index in [1.807, 2.05) is 24.3 Å². The molecule has 0 fully saturated rings. The zero-order chi connectivity index (χ0) is 19.9. The summed E-state index contributed by atoms with van der Waals surface area (Å²) in [6.45, 7) is 7.98. The zero-order valence-electron chi connectivity index (χ0n) is 17.1. The monoisotopic (exact) mass is 376 g/mol. The van der Waals surface area contributed by atoms with Gasteiger partial charge in [-0.1, -0.05) is 44.7 Å². The van der Waals surface area contributed by atoms with Gasteiger partial charge in [0.1, 0.15) is 5.75 Å². The number of amides is 1. The number of nitrogens with two attached hydrogens (primary N) is 1. The number of guanidine groups is 1. The van der Waals surface area contributed by atoms with E-state index in [4.69, 9.17) is 10.5 Å². The predicted octanol–water partition coefficient (Wildman–Crippen LogP) is 3.01. The standard InChI is InChI=1S/C21H36N4O2/c1-4-6-7-8-9-17(3)25-21(23-5-2)24-15-14-18-10-12-19(13-11-18)27-16-20(22)26/h10-13,17H,4-9,14-16H2,1-3H3,(H2,22,26)(H2,23,24,25). The van der Waals surface area contributed by atoms with Gasteiger partial charge in [0.05, 0.1) is 0 Å². The van der Waals surface area contributed by atoms with Gasteiger partial charge in [0.2, 0.25) is 0 Å². The van der Waals surface area contributed by atoms with E-state index in [-0.39, 0.29) is 6.61 Å². The number of benzene rings is 1. The Kier molecular flexibility index (Phi) is 11.7. The van der Waals surface area contributed by atoms with E-state index < -0.39 is 5.91 Å². The van der Waals surface area contributed by atoms with Crippen molar-refractivity contribution in [2.45, 2.75) is 65.3 Å². The molecule has 6 heteroatoms. The fraction of sp³-hybridized carbons (Fsp3) is 0.619. The maximum Gasteiger partial charge on any atom is 0.255 e. The topological polar surface area (TPSA) is 88.7 Å². The van der Waals surface area contributed by atoms with Crippen LogP contribution in [0.5, 0.6) is 5.75 Å². The second-order valence-electron chi connectivity index (χ2n) is 6.80. The maximum absolute atomic E-state index is 10.7. The molecule has 1 unspecified atom stereocenters. The molecule has 0 spiro atoms. The van der Waals surface area contributed by atoms with Crippen LogP contribution in [0, 0.1) is 0 Å². The van der Waals surface area contributed by atoms with Crippen LogP contribution >= 0.6 is 0 Å². The highest BCUT2D eigenvalue weighted by Gasteiger charge is 2.05. The molecule has 0 saturated heterocycles. The number of nitrogens with zero attached hydrogens (tertiary/aromatic N) is 1. The minimum atomic E-state index is -0.476. The lowest BCUT2D eigenvalue weighted by Crippen LogP contribution is -2.42. The third kappa shape index (κ3) is 11.2. The number of aliphatic imine (C=N–C) groups is 1. The first-order valence-electron chi connectivity index (χ1n) is 10.1. The van der Waals surface area contributed by atoms with Crippen LogP contribution in [0.2, 0.25) is 0 Å². The maximum atomic E-state index is 10.7. The van der Waals surface area contributed by atoms with Gasteiger partial charge >= 0.3 is 0 Å². The van der Waals surface area contributed by atoms with Gasteiger partial charge < -0.3 is 21.1 Å². The quantitative estimate of drug-likeness (QED) is 0.280. The highest BCUT2D eigenvalue weighted by Crippen LogP contribution is 2.12. The lowest BCUT2D eigenvalue weighted by Gasteiger charge is -2.17. The van der Waals surface area contributed by atoms with Gasteiger partial charge in [-0.2, -0.15) is 0 Å². The number of rotatable bonds is 13. The van der Waals surface area contributed by atoms with Crippen LogP contribution in [0.25, 0.3) is 0 Å². The Bertz CT molecular complexity index is 558. The van der Waals surface area contributed by atoms with Crippen LogP contribution in [0.3, 0.4) is 0 Å². The fourth-order valence-corrected chi connectivity index (χ4v) is 2.71. The smallest absolute Gasteiger partial charge is 0.255 e. The van der Waals surface area contributed by atoms with Crippen molar-refractivity contribution in [2.24, 2.45) is 10.7 Å². The van der Waals surface area contributed by atoms with Gasteiger partial charge in [0.15, 0.2) is 12.6 Å². The first kappa shape index (κ1) is 22.8. The molecule has 152 valence electrons. The minimum absolute atomic E-state index is 0.0992. The fourth-order valence-electron chi connectivity index (χ4n) is 2.71. The average Bonchev–Trinajstić information content (AvgIpc) is 2.64. The van der Waals surface area contributed by atoms with E-state index in [2.05, 4.69) is 36.4 Å². The molecule has 0 saturated carbocycles. The Morgan fingerprint density at radius 2 is 1.93 bits per heavy atom. The van der Waals surface area contributed by atoms with Gasteiger partial charge in [0, 0.05) is 19.1 Å². The molecule has 27 heavy (non-hydrogen) atoms. The molecule has 0 bridgehead atoms. The van der Waals surface area contributed by atoms with Crippen molar-refractivity contribution in [3.8, 4) is 5.75 Å². The van der Waals surface area contributed by atoms with Crippen LogP contribution in [-0.2, 0) is 11.2 Å². The number of hydrogen-bond acceptors (Lipinski definition) is 3. The van der Waals surface area contributed by atoms with Crippen LogP contribution in [-0.4, -0.2) is 37.6 Å². The van der Waals surface area contributed by atoms with Crippen LogP contribution in [0.15, 0.2) is 29.3 Å². The number of hydrogen-bond donors (Lipinski definition) is 3. The van der Waals surface area contributed by atoms with Crippen molar-refractivity contribution in [2.75, 3.05) is 19.7 Å². The van der Waals surface area contributed by atoms with E-state index in [1.54, 1.807) is 0 Å². The molecule has 0 heterocycles. The van der Waals surface area contributed by atoms with Gasteiger partial charge in [-0.05, 0) is 44.4 Å². The summed E-state index contributed by atoms with van der Waals surface area (Å²) in [5, 5.41) is 6.81. The Balaban J connectivity index is 2.42. The average molecular weight is 377 g/mol. The number of unbranched alkanes of at least 4 members (excludes halogenated alkanes) is 3. The van der Waals surface area contributed by atoms with Gasteiger partial charge in [-0.15, -0.1) is 0 Å². The molecule has 0 aliphatic heterocycles. The van der Waals surface area contributed by atoms with Crippen molar-refractivity contribution in [1.82, 2.24) is 10.6 Å². The molecule has 0 radical (unpaired) electrons. The highest BCUT2D eigenvalue weighted by atomic mass is 16.5.